The maximum absolute atomic E-state index is 13.5. The maximum atomic E-state index is 13.5. The molecular formula is C29H36N6OS. The lowest BCUT2D eigenvalue weighted by Gasteiger charge is -2.38. The lowest BCUT2D eigenvalue weighted by molar-refractivity contribution is 0.0985. The number of thiocarbonyl (C=S) groups is 1. The molecule has 2 aromatic carbocycles. The molecule has 3 aromatic rings. The fourth-order valence-corrected chi connectivity index (χ4v) is 5.55. The minimum absolute atomic E-state index is 0.0325. The number of benzene rings is 2. The van der Waals surface area contributed by atoms with Gasteiger partial charge in [0.1, 0.15) is 0 Å². The smallest absolute Gasteiger partial charge is 0.258 e. The number of rotatable bonds is 6. The molecule has 0 spiro atoms. The van der Waals surface area contributed by atoms with Gasteiger partial charge in [0, 0.05) is 55.4 Å². The summed E-state index contributed by atoms with van der Waals surface area (Å²) in [6.07, 6.45) is 9.83. The molecule has 1 aliphatic heterocycles. The van der Waals surface area contributed by atoms with Gasteiger partial charge in [-0.2, -0.15) is 0 Å². The number of piperazine rings is 1. The van der Waals surface area contributed by atoms with Crippen molar-refractivity contribution in [3.8, 4) is 0 Å². The van der Waals surface area contributed by atoms with E-state index in [-0.39, 0.29) is 5.91 Å². The molecule has 2 aliphatic rings. The molecule has 0 unspecified atom stereocenters. The highest BCUT2D eigenvalue weighted by molar-refractivity contribution is 7.80. The van der Waals surface area contributed by atoms with Gasteiger partial charge in [-0.1, -0.05) is 37.0 Å². The Labute approximate surface area is 224 Å². The van der Waals surface area contributed by atoms with Crippen molar-refractivity contribution in [2.45, 2.75) is 51.6 Å². The molecule has 1 saturated heterocycles. The van der Waals surface area contributed by atoms with Gasteiger partial charge in [-0.25, -0.2) is 4.98 Å². The largest absolute Gasteiger partial charge is 0.368 e. The third-order valence-corrected chi connectivity index (χ3v) is 7.83. The van der Waals surface area contributed by atoms with E-state index >= 15 is 0 Å². The summed E-state index contributed by atoms with van der Waals surface area (Å²) in [5, 5.41) is 4.51. The Kier molecular flexibility index (Phi) is 8.04. The first-order valence-electron chi connectivity index (χ1n) is 13.3. The van der Waals surface area contributed by atoms with Crippen molar-refractivity contribution >= 4 is 34.6 Å². The van der Waals surface area contributed by atoms with Gasteiger partial charge in [-0.15, -0.1) is 0 Å². The molecule has 2 fully saturated rings. The van der Waals surface area contributed by atoms with E-state index in [1.165, 1.54) is 37.8 Å². The summed E-state index contributed by atoms with van der Waals surface area (Å²) in [5.74, 6) is -0.0325. The second-order valence-corrected chi connectivity index (χ2v) is 10.5. The number of H-pyrrole nitrogens is 1. The van der Waals surface area contributed by atoms with Gasteiger partial charge in [0.2, 0.25) is 0 Å². The standard InChI is InChI=1S/C29H36N6OS/c1-22-7-9-23(10-8-22)28(36)35(20-25-19-30-21-31-25)27-13-11-26(12-14-27)33-15-17-34(18-16-33)29(37)32-24-5-3-2-4-6-24/h7-14,19,21,24H,2-6,15-18,20H2,1H3,(H,30,31)(H,32,37). The molecule has 5 rings (SSSR count). The zero-order valence-corrected chi connectivity index (χ0v) is 22.3. The lowest BCUT2D eigenvalue weighted by atomic mass is 9.96. The van der Waals surface area contributed by atoms with Crippen molar-refractivity contribution in [3.05, 3.63) is 77.9 Å². The summed E-state index contributed by atoms with van der Waals surface area (Å²) in [7, 11) is 0. The van der Waals surface area contributed by atoms with Crippen LogP contribution in [0.3, 0.4) is 0 Å². The van der Waals surface area contributed by atoms with Crippen LogP contribution in [0.1, 0.15) is 53.7 Å². The molecule has 0 radical (unpaired) electrons. The average molecular weight is 517 g/mol. The number of amides is 1. The summed E-state index contributed by atoms with van der Waals surface area (Å²) in [6, 6.07) is 16.6. The van der Waals surface area contributed by atoms with E-state index in [4.69, 9.17) is 12.2 Å². The first-order chi connectivity index (χ1) is 18.1. The first kappa shape index (κ1) is 25.3. The van der Waals surface area contributed by atoms with E-state index in [0.717, 1.165) is 48.2 Å². The van der Waals surface area contributed by atoms with Crippen LogP contribution in [0.25, 0.3) is 0 Å². The van der Waals surface area contributed by atoms with Crippen molar-refractivity contribution < 1.29 is 4.79 Å². The van der Waals surface area contributed by atoms with Crippen molar-refractivity contribution in [2.24, 2.45) is 0 Å². The van der Waals surface area contributed by atoms with E-state index in [1.807, 2.05) is 43.3 Å². The number of imidazole rings is 1. The van der Waals surface area contributed by atoms with Crippen LogP contribution in [0.2, 0.25) is 0 Å². The van der Waals surface area contributed by atoms with E-state index < -0.39 is 0 Å². The highest BCUT2D eigenvalue weighted by Gasteiger charge is 2.23. The van der Waals surface area contributed by atoms with Crippen LogP contribution in [-0.2, 0) is 6.54 Å². The number of carbonyl (C=O) groups is 1. The molecule has 1 amide bonds. The predicted octanol–water partition coefficient (Wildman–Crippen LogP) is 4.89. The summed E-state index contributed by atoms with van der Waals surface area (Å²) >= 11 is 5.73. The van der Waals surface area contributed by atoms with Crippen LogP contribution in [0.5, 0.6) is 0 Å². The summed E-state index contributed by atoms with van der Waals surface area (Å²) in [4.78, 5) is 27.2. The number of aromatic amines is 1. The van der Waals surface area contributed by atoms with Crippen LogP contribution in [0, 0.1) is 6.92 Å². The first-order valence-corrected chi connectivity index (χ1v) is 13.7. The van der Waals surface area contributed by atoms with Crippen LogP contribution < -0.4 is 15.1 Å². The third-order valence-electron chi connectivity index (χ3n) is 7.45. The fraction of sp³-hybridized carbons (Fsp3) is 0.414. The molecule has 0 atom stereocenters. The summed E-state index contributed by atoms with van der Waals surface area (Å²) < 4.78 is 0. The summed E-state index contributed by atoms with van der Waals surface area (Å²) in [5.41, 5.74) is 4.72. The second-order valence-electron chi connectivity index (χ2n) is 10.1. The Hall–Kier alpha value is -3.39. The van der Waals surface area contributed by atoms with Crippen molar-refractivity contribution in [1.29, 1.82) is 0 Å². The van der Waals surface area contributed by atoms with E-state index in [0.29, 0.717) is 18.2 Å². The van der Waals surface area contributed by atoms with Crippen molar-refractivity contribution in [1.82, 2.24) is 20.2 Å². The second kappa shape index (κ2) is 11.8. The van der Waals surface area contributed by atoms with Gasteiger partial charge in [0.15, 0.2) is 5.11 Å². The molecule has 1 aromatic heterocycles. The zero-order valence-electron chi connectivity index (χ0n) is 21.5. The number of nitrogens with one attached hydrogen (secondary N) is 2. The number of carbonyl (C=O) groups excluding carboxylic acids is 1. The third kappa shape index (κ3) is 6.31. The minimum atomic E-state index is -0.0325. The summed E-state index contributed by atoms with van der Waals surface area (Å²) in [6.45, 7) is 6.13. The average Bonchev–Trinajstić information content (AvgIpc) is 3.46. The number of aryl methyl sites for hydroxylation is 1. The van der Waals surface area contributed by atoms with Gasteiger partial charge in [-0.05, 0) is 68.4 Å². The van der Waals surface area contributed by atoms with E-state index in [9.17, 15) is 4.79 Å². The molecule has 194 valence electrons. The van der Waals surface area contributed by atoms with Crippen LogP contribution >= 0.6 is 12.2 Å². The molecule has 2 heterocycles. The fourth-order valence-electron chi connectivity index (χ4n) is 5.20. The highest BCUT2D eigenvalue weighted by atomic mass is 32.1. The maximum Gasteiger partial charge on any atom is 0.258 e. The van der Waals surface area contributed by atoms with Gasteiger partial charge in [0.05, 0.1) is 18.6 Å². The Morgan fingerprint density at radius 1 is 1.03 bits per heavy atom. The molecule has 1 aliphatic carbocycles. The number of aromatic nitrogens is 2. The van der Waals surface area contributed by atoms with Crippen molar-refractivity contribution in [3.63, 3.8) is 0 Å². The number of hydrogen-bond donors (Lipinski definition) is 2. The normalized spacial score (nSPS) is 16.5. The molecule has 0 bridgehead atoms. The number of nitrogens with zero attached hydrogens (tertiary/aromatic N) is 4. The SMILES string of the molecule is Cc1ccc(C(=O)N(Cc2cnc[nH]2)c2ccc(N3CCN(C(=S)NC4CCCCC4)CC3)cc2)cc1. The highest BCUT2D eigenvalue weighted by Crippen LogP contribution is 2.25. The minimum Gasteiger partial charge on any atom is -0.368 e. The van der Waals surface area contributed by atoms with Crippen LogP contribution in [-0.4, -0.2) is 58.1 Å². The molecule has 2 N–H and O–H groups in total. The molecule has 8 heteroatoms. The molecule has 37 heavy (non-hydrogen) atoms. The van der Waals surface area contributed by atoms with E-state index in [1.54, 1.807) is 17.4 Å². The monoisotopic (exact) mass is 516 g/mol. The number of hydrogen-bond acceptors (Lipinski definition) is 4. The Balaban J connectivity index is 1.23. The molecule has 1 saturated carbocycles. The Morgan fingerprint density at radius 2 is 1.73 bits per heavy atom. The Bertz CT molecular complexity index is 1160. The molecule has 7 nitrogen and oxygen atoms in total. The zero-order chi connectivity index (χ0) is 25.6. The predicted molar refractivity (Wildman–Crippen MR) is 153 cm³/mol. The van der Waals surface area contributed by atoms with Crippen LogP contribution in [0.15, 0.2) is 61.1 Å². The lowest BCUT2D eigenvalue weighted by Crippen LogP contribution is -2.53. The Morgan fingerprint density at radius 3 is 2.38 bits per heavy atom. The van der Waals surface area contributed by atoms with Crippen LogP contribution in [0.4, 0.5) is 11.4 Å². The van der Waals surface area contributed by atoms with Gasteiger partial charge in [-0.3, -0.25) is 4.79 Å². The van der Waals surface area contributed by atoms with Crippen molar-refractivity contribution in [2.75, 3.05) is 36.0 Å². The van der Waals surface area contributed by atoms with Gasteiger partial charge < -0.3 is 25.0 Å². The van der Waals surface area contributed by atoms with Gasteiger partial charge in [0.25, 0.3) is 5.91 Å². The molecular weight excluding hydrogens is 480 g/mol. The number of anilines is 2. The van der Waals surface area contributed by atoms with E-state index in [2.05, 4.69) is 37.2 Å². The topological polar surface area (TPSA) is 67.5 Å². The van der Waals surface area contributed by atoms with Gasteiger partial charge >= 0.3 is 0 Å². The quantitative estimate of drug-likeness (QED) is 0.455.